The first-order chi connectivity index (χ1) is 13.0. The lowest BCUT2D eigenvalue weighted by Crippen LogP contribution is -2.04. The molecule has 1 unspecified atom stereocenters. The second-order valence-electron chi connectivity index (χ2n) is 6.58. The molecule has 0 aliphatic rings. The monoisotopic (exact) mass is 362 g/mol. The first kappa shape index (κ1) is 18.7. The third-order valence-electron chi connectivity index (χ3n) is 4.37. The maximum Gasteiger partial charge on any atom is 0.163 e. The maximum absolute atomic E-state index is 13.9. The molecular formula is C24H20F2O. The average molecular weight is 362 g/mol. The number of halogens is 2. The Morgan fingerprint density at radius 2 is 1.67 bits per heavy atom. The molecule has 1 nitrogen and oxygen atoms in total. The Morgan fingerprint density at radius 3 is 2.33 bits per heavy atom. The molecule has 0 radical (unpaired) electrons. The highest BCUT2D eigenvalue weighted by Crippen LogP contribution is 2.24. The zero-order valence-electron chi connectivity index (χ0n) is 15.0. The molecule has 0 spiro atoms. The summed E-state index contributed by atoms with van der Waals surface area (Å²) in [6, 6.07) is 20.2. The molecule has 3 rings (SSSR count). The van der Waals surface area contributed by atoms with Crippen LogP contribution in [0.3, 0.4) is 0 Å². The predicted molar refractivity (Wildman–Crippen MR) is 105 cm³/mol. The fraction of sp³-hybridized carbons (Fsp3) is 0.125. The molecule has 0 aliphatic heterocycles. The van der Waals surface area contributed by atoms with Gasteiger partial charge in [0.1, 0.15) is 11.6 Å². The van der Waals surface area contributed by atoms with Crippen molar-refractivity contribution in [3.05, 3.63) is 102 Å². The van der Waals surface area contributed by atoms with Crippen molar-refractivity contribution in [2.75, 3.05) is 0 Å². The van der Waals surface area contributed by atoms with E-state index in [1.807, 2.05) is 49.4 Å². The minimum atomic E-state index is -0.617. The quantitative estimate of drug-likeness (QED) is 0.454. The standard InChI is InChI=1S/C24H20F2O/c1-17(7-8-18-5-3-2-4-6-18)15-24(27)20-11-9-19(10-12-20)22-14-13-21(25)16-23(22)26/h2-14,16-17H,15H2,1H3/b8-7+. The van der Waals surface area contributed by atoms with E-state index >= 15 is 0 Å². The number of ketones is 1. The van der Waals surface area contributed by atoms with Crippen LogP contribution >= 0.6 is 0 Å². The molecule has 136 valence electrons. The van der Waals surface area contributed by atoms with Crippen molar-refractivity contribution in [1.29, 1.82) is 0 Å². The molecule has 0 heterocycles. The van der Waals surface area contributed by atoms with Gasteiger partial charge in [-0.3, -0.25) is 4.79 Å². The summed E-state index contributed by atoms with van der Waals surface area (Å²) in [7, 11) is 0. The van der Waals surface area contributed by atoms with Gasteiger partial charge in [-0.25, -0.2) is 8.78 Å². The number of hydrogen-bond donors (Lipinski definition) is 0. The van der Waals surface area contributed by atoms with E-state index in [0.29, 0.717) is 23.1 Å². The Morgan fingerprint density at radius 1 is 0.963 bits per heavy atom. The van der Waals surface area contributed by atoms with Crippen LogP contribution in [-0.2, 0) is 0 Å². The second kappa shape index (κ2) is 8.54. The van der Waals surface area contributed by atoms with Gasteiger partial charge in [-0.2, -0.15) is 0 Å². The molecule has 3 aromatic rings. The first-order valence-electron chi connectivity index (χ1n) is 8.85. The van der Waals surface area contributed by atoms with E-state index in [1.54, 1.807) is 24.3 Å². The van der Waals surface area contributed by atoms with Gasteiger partial charge in [-0.1, -0.05) is 73.7 Å². The van der Waals surface area contributed by atoms with Crippen molar-refractivity contribution in [3.8, 4) is 11.1 Å². The number of Topliss-reactive ketones (excluding diaryl/α,β-unsaturated/α-hetero) is 1. The van der Waals surface area contributed by atoms with Crippen molar-refractivity contribution in [2.45, 2.75) is 13.3 Å². The van der Waals surface area contributed by atoms with Crippen LogP contribution in [0.2, 0.25) is 0 Å². The summed E-state index contributed by atoms with van der Waals surface area (Å²) in [6.45, 7) is 2.00. The van der Waals surface area contributed by atoms with E-state index < -0.39 is 11.6 Å². The normalized spacial score (nSPS) is 12.3. The molecule has 27 heavy (non-hydrogen) atoms. The third kappa shape index (κ3) is 4.98. The Bertz CT molecular complexity index is 944. The molecule has 0 fully saturated rings. The van der Waals surface area contributed by atoms with Crippen LogP contribution in [0.1, 0.15) is 29.3 Å². The summed E-state index contributed by atoms with van der Waals surface area (Å²) < 4.78 is 26.9. The van der Waals surface area contributed by atoms with Crippen LogP contribution in [0.4, 0.5) is 8.78 Å². The molecule has 0 N–H and O–H groups in total. The van der Waals surface area contributed by atoms with Crippen molar-refractivity contribution in [3.63, 3.8) is 0 Å². The highest BCUT2D eigenvalue weighted by atomic mass is 19.1. The molecule has 3 aromatic carbocycles. The number of allylic oxidation sites excluding steroid dienone is 1. The van der Waals surface area contributed by atoms with Crippen molar-refractivity contribution >= 4 is 11.9 Å². The summed E-state index contributed by atoms with van der Waals surface area (Å²) in [4.78, 5) is 12.5. The van der Waals surface area contributed by atoms with Gasteiger partial charge in [0.25, 0.3) is 0 Å². The molecular weight excluding hydrogens is 342 g/mol. The van der Waals surface area contributed by atoms with E-state index in [1.165, 1.54) is 12.1 Å². The number of hydrogen-bond acceptors (Lipinski definition) is 1. The van der Waals surface area contributed by atoms with E-state index in [2.05, 4.69) is 0 Å². The largest absolute Gasteiger partial charge is 0.294 e. The molecule has 0 saturated carbocycles. The molecule has 0 saturated heterocycles. The molecule has 3 heteroatoms. The van der Waals surface area contributed by atoms with Crippen molar-refractivity contribution in [2.24, 2.45) is 5.92 Å². The van der Waals surface area contributed by atoms with Gasteiger partial charge in [-0.15, -0.1) is 0 Å². The van der Waals surface area contributed by atoms with Crippen LogP contribution in [0.5, 0.6) is 0 Å². The number of rotatable bonds is 6. The van der Waals surface area contributed by atoms with E-state index in [-0.39, 0.29) is 11.7 Å². The summed E-state index contributed by atoms with van der Waals surface area (Å²) >= 11 is 0. The van der Waals surface area contributed by atoms with Crippen LogP contribution in [0.15, 0.2) is 78.9 Å². The number of carbonyl (C=O) groups excluding carboxylic acids is 1. The lowest BCUT2D eigenvalue weighted by atomic mass is 9.96. The molecule has 0 amide bonds. The smallest absolute Gasteiger partial charge is 0.163 e. The van der Waals surface area contributed by atoms with E-state index in [9.17, 15) is 13.6 Å². The van der Waals surface area contributed by atoms with Gasteiger partial charge in [0.15, 0.2) is 5.78 Å². The average Bonchev–Trinajstić information content (AvgIpc) is 2.67. The molecule has 0 aliphatic carbocycles. The van der Waals surface area contributed by atoms with Crippen molar-refractivity contribution in [1.82, 2.24) is 0 Å². The Kier molecular flexibility index (Phi) is 5.92. The Balaban J connectivity index is 1.66. The number of benzene rings is 3. The maximum atomic E-state index is 13.9. The van der Waals surface area contributed by atoms with Gasteiger partial charge in [0, 0.05) is 23.6 Å². The SMILES string of the molecule is CC(/C=C/c1ccccc1)CC(=O)c1ccc(-c2ccc(F)cc2F)cc1. The Labute approximate surface area is 158 Å². The fourth-order valence-electron chi connectivity index (χ4n) is 2.88. The van der Waals surface area contributed by atoms with E-state index in [4.69, 9.17) is 0 Å². The Hall–Kier alpha value is -3.07. The lowest BCUT2D eigenvalue weighted by Gasteiger charge is -2.08. The summed E-state index contributed by atoms with van der Waals surface area (Å²) in [6.07, 6.45) is 4.43. The van der Waals surface area contributed by atoms with Gasteiger partial charge in [0.2, 0.25) is 0 Å². The van der Waals surface area contributed by atoms with Gasteiger partial charge < -0.3 is 0 Å². The van der Waals surface area contributed by atoms with Gasteiger partial charge in [0.05, 0.1) is 0 Å². The van der Waals surface area contributed by atoms with Gasteiger partial charge in [-0.05, 0) is 29.2 Å². The summed E-state index contributed by atoms with van der Waals surface area (Å²) in [5.41, 5.74) is 2.61. The zero-order valence-corrected chi connectivity index (χ0v) is 15.0. The van der Waals surface area contributed by atoms with Crippen LogP contribution in [-0.4, -0.2) is 5.78 Å². The second-order valence-corrected chi connectivity index (χ2v) is 6.58. The van der Waals surface area contributed by atoms with Crippen LogP contribution < -0.4 is 0 Å². The molecule has 0 aromatic heterocycles. The lowest BCUT2D eigenvalue weighted by molar-refractivity contribution is 0.0972. The summed E-state index contributed by atoms with van der Waals surface area (Å²) in [5, 5.41) is 0. The fourth-order valence-corrected chi connectivity index (χ4v) is 2.88. The summed E-state index contributed by atoms with van der Waals surface area (Å²) in [5.74, 6) is -1.09. The highest BCUT2D eigenvalue weighted by Gasteiger charge is 2.11. The zero-order chi connectivity index (χ0) is 19.2. The topological polar surface area (TPSA) is 17.1 Å². The van der Waals surface area contributed by atoms with Crippen LogP contribution in [0.25, 0.3) is 17.2 Å². The van der Waals surface area contributed by atoms with Crippen LogP contribution in [0, 0.1) is 17.6 Å². The minimum Gasteiger partial charge on any atom is -0.294 e. The van der Waals surface area contributed by atoms with Gasteiger partial charge >= 0.3 is 0 Å². The highest BCUT2D eigenvalue weighted by molar-refractivity contribution is 5.96. The molecule has 1 atom stereocenters. The minimum absolute atomic E-state index is 0.0336. The van der Waals surface area contributed by atoms with E-state index in [0.717, 1.165) is 11.6 Å². The predicted octanol–water partition coefficient (Wildman–Crippen LogP) is 6.55. The third-order valence-corrected chi connectivity index (χ3v) is 4.37. The molecule has 0 bridgehead atoms. The van der Waals surface area contributed by atoms with Crippen molar-refractivity contribution < 1.29 is 13.6 Å². The number of carbonyl (C=O) groups is 1. The first-order valence-corrected chi connectivity index (χ1v) is 8.85.